The van der Waals surface area contributed by atoms with Crippen LogP contribution >= 0.6 is 11.8 Å². The van der Waals surface area contributed by atoms with Crippen LogP contribution in [0.4, 0.5) is 13.2 Å². The van der Waals surface area contributed by atoms with Crippen molar-refractivity contribution >= 4 is 23.6 Å². The Morgan fingerprint density at radius 2 is 1.68 bits per heavy atom. The Kier molecular flexibility index (Phi) is 6.08. The third-order valence-electron chi connectivity index (χ3n) is 5.90. The number of rotatable bonds is 5. The number of halogens is 3. The van der Waals surface area contributed by atoms with Crippen molar-refractivity contribution in [3.8, 4) is 0 Å². The number of alkyl halides is 3. The number of amides is 1. The summed E-state index contributed by atoms with van der Waals surface area (Å²) in [7, 11) is 0. The molecule has 2 unspecified atom stereocenters. The summed E-state index contributed by atoms with van der Waals surface area (Å²) in [6.45, 7) is 1.01. The lowest BCUT2D eigenvalue weighted by Crippen LogP contribution is -2.38. The van der Waals surface area contributed by atoms with E-state index in [1.165, 1.54) is 12.1 Å². The number of benzene rings is 3. The molecule has 5 rings (SSSR count). The lowest BCUT2D eigenvalue weighted by atomic mass is 9.99. The van der Waals surface area contributed by atoms with E-state index in [0.29, 0.717) is 18.7 Å². The first-order valence-corrected chi connectivity index (χ1v) is 11.9. The average Bonchev–Trinajstić information content (AvgIpc) is 3.25. The summed E-state index contributed by atoms with van der Waals surface area (Å²) in [5.41, 5.74) is 1.53. The highest BCUT2D eigenvalue weighted by atomic mass is 32.2. The second kappa shape index (κ2) is 9.18. The van der Waals surface area contributed by atoms with Gasteiger partial charge in [0, 0.05) is 34.9 Å². The Bertz CT molecular complexity index is 1210. The molecular formula is C26H21F3N2O2S. The molecule has 34 heavy (non-hydrogen) atoms. The van der Waals surface area contributed by atoms with Crippen molar-refractivity contribution in [1.29, 1.82) is 0 Å². The third-order valence-corrected chi connectivity index (χ3v) is 6.89. The molecule has 174 valence electrons. The van der Waals surface area contributed by atoms with Crippen molar-refractivity contribution in [2.24, 2.45) is 4.99 Å². The molecule has 0 spiro atoms. The van der Waals surface area contributed by atoms with Crippen molar-refractivity contribution in [1.82, 2.24) is 4.90 Å². The fourth-order valence-corrected chi connectivity index (χ4v) is 5.07. The predicted molar refractivity (Wildman–Crippen MR) is 125 cm³/mol. The summed E-state index contributed by atoms with van der Waals surface area (Å²) in [5, 5.41) is 0. The van der Waals surface area contributed by atoms with E-state index in [1.54, 1.807) is 16.7 Å². The van der Waals surface area contributed by atoms with Crippen LogP contribution < -0.4 is 0 Å². The Balaban J connectivity index is 1.39. The van der Waals surface area contributed by atoms with E-state index in [1.807, 2.05) is 54.6 Å². The van der Waals surface area contributed by atoms with Gasteiger partial charge >= 0.3 is 6.18 Å². The van der Waals surface area contributed by atoms with E-state index < -0.39 is 23.9 Å². The normalized spacial score (nSPS) is 19.7. The van der Waals surface area contributed by atoms with Gasteiger partial charge in [-0.05, 0) is 42.0 Å². The molecule has 0 saturated carbocycles. The maximum Gasteiger partial charge on any atom is 0.416 e. The summed E-state index contributed by atoms with van der Waals surface area (Å²) in [5.74, 6) is 0.773. The maximum atomic E-state index is 13.5. The summed E-state index contributed by atoms with van der Waals surface area (Å²) in [4.78, 5) is 21.0. The zero-order valence-electron chi connectivity index (χ0n) is 18.0. The quantitative estimate of drug-likeness (QED) is 0.437. The van der Waals surface area contributed by atoms with Crippen LogP contribution in [0.3, 0.4) is 0 Å². The van der Waals surface area contributed by atoms with Gasteiger partial charge in [-0.15, -0.1) is 11.8 Å². The molecule has 0 fully saturated rings. The van der Waals surface area contributed by atoms with Gasteiger partial charge in [-0.1, -0.05) is 42.5 Å². The molecule has 0 aliphatic carbocycles. The van der Waals surface area contributed by atoms with Crippen LogP contribution in [-0.4, -0.2) is 35.0 Å². The number of hydrogen-bond acceptors (Lipinski definition) is 4. The van der Waals surface area contributed by atoms with Gasteiger partial charge < -0.3 is 9.64 Å². The van der Waals surface area contributed by atoms with E-state index in [4.69, 9.17) is 4.74 Å². The number of thioether (sulfide) groups is 1. The van der Waals surface area contributed by atoms with E-state index >= 15 is 0 Å². The Hall–Kier alpha value is -3.26. The van der Waals surface area contributed by atoms with Gasteiger partial charge in [0.2, 0.25) is 5.90 Å². The van der Waals surface area contributed by atoms with Gasteiger partial charge in [-0.25, -0.2) is 4.99 Å². The molecule has 1 amide bonds. The lowest BCUT2D eigenvalue weighted by Gasteiger charge is -2.22. The van der Waals surface area contributed by atoms with Gasteiger partial charge in [0.05, 0.1) is 5.56 Å². The molecule has 2 atom stereocenters. The lowest BCUT2D eigenvalue weighted by molar-refractivity contribution is -0.137. The topological polar surface area (TPSA) is 41.9 Å². The van der Waals surface area contributed by atoms with Crippen LogP contribution in [0.2, 0.25) is 0 Å². The Labute approximate surface area is 199 Å². The van der Waals surface area contributed by atoms with Crippen molar-refractivity contribution in [2.45, 2.75) is 29.8 Å². The molecule has 3 aromatic carbocycles. The molecule has 8 heteroatoms. The minimum absolute atomic E-state index is 0.142. The highest BCUT2D eigenvalue weighted by Gasteiger charge is 2.43. The first-order chi connectivity index (χ1) is 16.4. The van der Waals surface area contributed by atoms with Crippen LogP contribution in [0.25, 0.3) is 0 Å². The van der Waals surface area contributed by atoms with Gasteiger partial charge in [0.1, 0.15) is 0 Å². The zero-order chi connectivity index (χ0) is 23.7. The number of fused-ring (bicyclic) bond motifs is 3. The second-order valence-corrected chi connectivity index (χ2v) is 9.28. The third kappa shape index (κ3) is 4.55. The van der Waals surface area contributed by atoms with E-state index in [2.05, 4.69) is 4.99 Å². The molecule has 0 aromatic heterocycles. The molecule has 2 heterocycles. The standard InChI is InChI=1S/C26H21F3N2O2S/c27-26(28,29)19-12-10-17(11-13-19)24-30-22-23(33-24)21-9-5-4-6-18(21)16-31(25(22)32)14-15-34-20-7-2-1-3-8-20/h1-13,22-23H,14-16H2. The van der Waals surface area contributed by atoms with Crippen molar-refractivity contribution in [2.75, 3.05) is 12.3 Å². The Morgan fingerprint density at radius 1 is 0.971 bits per heavy atom. The summed E-state index contributed by atoms with van der Waals surface area (Å²) >= 11 is 1.68. The fourth-order valence-electron chi connectivity index (χ4n) is 4.18. The van der Waals surface area contributed by atoms with E-state index in [0.717, 1.165) is 33.9 Å². The van der Waals surface area contributed by atoms with E-state index in [-0.39, 0.29) is 11.8 Å². The van der Waals surface area contributed by atoms with Gasteiger partial charge in [0.25, 0.3) is 5.91 Å². The summed E-state index contributed by atoms with van der Waals surface area (Å²) in [6, 6.07) is 21.6. The summed E-state index contributed by atoms with van der Waals surface area (Å²) < 4.78 is 44.9. The van der Waals surface area contributed by atoms with Crippen LogP contribution in [0.1, 0.15) is 28.4 Å². The predicted octanol–water partition coefficient (Wildman–Crippen LogP) is 5.73. The van der Waals surface area contributed by atoms with Crippen molar-refractivity contribution < 1.29 is 22.7 Å². The Morgan fingerprint density at radius 3 is 2.41 bits per heavy atom. The smallest absolute Gasteiger partial charge is 0.416 e. The zero-order valence-corrected chi connectivity index (χ0v) is 18.9. The minimum atomic E-state index is -4.42. The first kappa shape index (κ1) is 22.5. The van der Waals surface area contributed by atoms with E-state index in [9.17, 15) is 18.0 Å². The number of nitrogens with zero attached hydrogens (tertiary/aromatic N) is 2. The fraction of sp³-hybridized carbons (Fsp3) is 0.231. The highest BCUT2D eigenvalue weighted by molar-refractivity contribution is 7.99. The van der Waals surface area contributed by atoms with Crippen molar-refractivity contribution in [3.63, 3.8) is 0 Å². The number of carbonyl (C=O) groups excluding carboxylic acids is 1. The molecule has 0 bridgehead atoms. The first-order valence-electron chi connectivity index (χ1n) is 10.9. The number of carbonyl (C=O) groups is 1. The number of aliphatic imine (C=N–C) groups is 1. The van der Waals surface area contributed by atoms with Gasteiger partial charge in [-0.2, -0.15) is 13.2 Å². The highest BCUT2D eigenvalue weighted by Crippen LogP contribution is 2.38. The minimum Gasteiger partial charge on any atom is -0.466 e. The molecule has 0 radical (unpaired) electrons. The SMILES string of the molecule is O=C1C2N=C(c3ccc(C(F)(F)F)cc3)OC2c2ccccc2CN1CCSc1ccccc1. The van der Waals surface area contributed by atoms with Gasteiger partial charge in [-0.3, -0.25) is 4.79 Å². The molecule has 2 aliphatic rings. The molecule has 4 nitrogen and oxygen atoms in total. The van der Waals surface area contributed by atoms with Crippen molar-refractivity contribution in [3.05, 3.63) is 101 Å². The summed E-state index contributed by atoms with van der Waals surface area (Å²) in [6.07, 6.45) is -5.02. The van der Waals surface area contributed by atoms with Crippen LogP contribution in [0, 0.1) is 0 Å². The van der Waals surface area contributed by atoms with Crippen LogP contribution in [0.15, 0.2) is 88.8 Å². The monoisotopic (exact) mass is 482 g/mol. The second-order valence-electron chi connectivity index (χ2n) is 8.11. The molecule has 2 aliphatic heterocycles. The average molecular weight is 483 g/mol. The number of hydrogen-bond donors (Lipinski definition) is 0. The molecule has 3 aromatic rings. The molecule has 0 saturated heterocycles. The molecular weight excluding hydrogens is 461 g/mol. The van der Waals surface area contributed by atoms with Crippen LogP contribution in [-0.2, 0) is 22.3 Å². The van der Waals surface area contributed by atoms with Gasteiger partial charge in [0.15, 0.2) is 12.1 Å². The number of ether oxygens (including phenoxy) is 1. The molecule has 0 N–H and O–H groups in total. The van der Waals surface area contributed by atoms with Crippen LogP contribution in [0.5, 0.6) is 0 Å². The largest absolute Gasteiger partial charge is 0.466 e. The maximum absolute atomic E-state index is 13.5.